The molecule has 1 aliphatic rings. The first-order chi connectivity index (χ1) is 6.72. The third-order valence-corrected chi connectivity index (χ3v) is 3.15. The Hall–Kier alpha value is -0.550. The summed E-state index contributed by atoms with van der Waals surface area (Å²) in [4.78, 5) is 0. The minimum atomic E-state index is 0.149. The van der Waals surface area contributed by atoms with E-state index in [0.29, 0.717) is 0 Å². The summed E-state index contributed by atoms with van der Waals surface area (Å²) in [7, 11) is 0. The number of hydrogen-bond acceptors (Lipinski definition) is 2. The van der Waals surface area contributed by atoms with Crippen LogP contribution in [0.15, 0.2) is 0 Å². The lowest BCUT2D eigenvalue weighted by Crippen LogP contribution is -2.29. The molecular formula is C12H22N2. The molecule has 0 aromatic heterocycles. The predicted octanol–water partition coefficient (Wildman–Crippen LogP) is 2.56. The highest BCUT2D eigenvalue weighted by Crippen LogP contribution is 2.27. The summed E-state index contributed by atoms with van der Waals surface area (Å²) in [5, 5.41) is 12.0. The quantitative estimate of drug-likeness (QED) is 0.746. The minimum absolute atomic E-state index is 0.149. The maximum atomic E-state index is 8.62. The molecule has 1 fully saturated rings. The van der Waals surface area contributed by atoms with Crippen molar-refractivity contribution in [2.45, 2.75) is 39.5 Å². The highest BCUT2D eigenvalue weighted by Gasteiger charge is 2.18. The maximum absolute atomic E-state index is 8.62. The zero-order valence-corrected chi connectivity index (χ0v) is 9.42. The van der Waals surface area contributed by atoms with Crippen molar-refractivity contribution in [2.24, 2.45) is 17.8 Å². The molecule has 0 spiro atoms. The molecule has 1 saturated carbocycles. The second-order valence-electron chi connectivity index (χ2n) is 4.83. The average molecular weight is 194 g/mol. The van der Waals surface area contributed by atoms with Crippen LogP contribution in [-0.2, 0) is 0 Å². The van der Waals surface area contributed by atoms with E-state index in [0.717, 1.165) is 24.9 Å². The largest absolute Gasteiger partial charge is 0.315 e. The first-order valence-corrected chi connectivity index (χ1v) is 5.82. The molecule has 0 amide bonds. The van der Waals surface area contributed by atoms with Crippen LogP contribution in [0.5, 0.6) is 0 Å². The van der Waals surface area contributed by atoms with E-state index in [1.165, 1.54) is 25.7 Å². The molecule has 0 radical (unpaired) electrons. The Bertz CT molecular complexity index is 195. The molecule has 2 heteroatoms. The first kappa shape index (κ1) is 11.5. The molecule has 1 N–H and O–H groups in total. The van der Waals surface area contributed by atoms with Gasteiger partial charge in [-0.1, -0.05) is 19.8 Å². The highest BCUT2D eigenvalue weighted by atomic mass is 14.9. The van der Waals surface area contributed by atoms with Crippen molar-refractivity contribution in [2.75, 3.05) is 13.1 Å². The van der Waals surface area contributed by atoms with Crippen LogP contribution < -0.4 is 5.32 Å². The summed E-state index contributed by atoms with van der Waals surface area (Å²) >= 11 is 0. The van der Waals surface area contributed by atoms with E-state index in [2.05, 4.69) is 18.3 Å². The van der Waals surface area contributed by atoms with Crippen LogP contribution in [0.2, 0.25) is 0 Å². The molecule has 2 nitrogen and oxygen atoms in total. The third kappa shape index (κ3) is 4.11. The van der Waals surface area contributed by atoms with Gasteiger partial charge in [-0.05, 0) is 38.1 Å². The molecule has 0 bridgehead atoms. The van der Waals surface area contributed by atoms with E-state index in [1.54, 1.807) is 0 Å². The first-order valence-electron chi connectivity index (χ1n) is 5.82. The fraction of sp³-hybridized carbons (Fsp3) is 0.917. The summed E-state index contributed by atoms with van der Waals surface area (Å²) in [6.45, 7) is 6.28. The molecule has 14 heavy (non-hydrogen) atoms. The Labute approximate surface area is 87.7 Å². The predicted molar refractivity (Wildman–Crippen MR) is 58.8 cm³/mol. The van der Waals surface area contributed by atoms with Crippen molar-refractivity contribution in [1.82, 2.24) is 5.32 Å². The van der Waals surface area contributed by atoms with Gasteiger partial charge in [-0.25, -0.2) is 0 Å². The van der Waals surface area contributed by atoms with Gasteiger partial charge < -0.3 is 5.32 Å². The van der Waals surface area contributed by atoms with Gasteiger partial charge in [0.05, 0.1) is 12.0 Å². The highest BCUT2D eigenvalue weighted by molar-refractivity contribution is 4.81. The van der Waals surface area contributed by atoms with Crippen molar-refractivity contribution in [1.29, 1.82) is 5.26 Å². The Morgan fingerprint density at radius 2 is 2.29 bits per heavy atom. The van der Waals surface area contributed by atoms with Crippen LogP contribution in [-0.4, -0.2) is 13.1 Å². The Kier molecular flexibility index (Phi) is 4.97. The van der Waals surface area contributed by atoms with Crippen molar-refractivity contribution >= 4 is 0 Å². The van der Waals surface area contributed by atoms with Crippen LogP contribution in [0.4, 0.5) is 0 Å². The molecule has 0 heterocycles. The summed E-state index contributed by atoms with van der Waals surface area (Å²) < 4.78 is 0. The molecule has 0 aliphatic heterocycles. The SMILES string of the molecule is CC(C#N)CNCC1CCCC(C)C1. The van der Waals surface area contributed by atoms with E-state index in [1.807, 2.05) is 6.92 Å². The van der Waals surface area contributed by atoms with Crippen molar-refractivity contribution in [3.8, 4) is 6.07 Å². The molecule has 0 aromatic carbocycles. The van der Waals surface area contributed by atoms with E-state index < -0.39 is 0 Å². The maximum Gasteiger partial charge on any atom is 0.0666 e. The normalized spacial score (nSPS) is 29.5. The molecule has 3 unspecified atom stereocenters. The number of hydrogen-bond donors (Lipinski definition) is 1. The van der Waals surface area contributed by atoms with E-state index in [9.17, 15) is 0 Å². The third-order valence-electron chi connectivity index (χ3n) is 3.15. The van der Waals surface area contributed by atoms with Gasteiger partial charge in [0.15, 0.2) is 0 Å². The van der Waals surface area contributed by atoms with E-state index in [-0.39, 0.29) is 5.92 Å². The summed E-state index contributed by atoms with van der Waals surface area (Å²) in [5.74, 6) is 1.91. The summed E-state index contributed by atoms with van der Waals surface area (Å²) in [5.41, 5.74) is 0. The van der Waals surface area contributed by atoms with Crippen LogP contribution in [0.25, 0.3) is 0 Å². The second kappa shape index (κ2) is 6.03. The number of nitriles is 1. The molecule has 3 atom stereocenters. The van der Waals surface area contributed by atoms with Gasteiger partial charge in [-0.3, -0.25) is 0 Å². The van der Waals surface area contributed by atoms with Crippen molar-refractivity contribution in [3.05, 3.63) is 0 Å². The van der Waals surface area contributed by atoms with Gasteiger partial charge in [-0.15, -0.1) is 0 Å². The van der Waals surface area contributed by atoms with Gasteiger partial charge in [0, 0.05) is 6.54 Å². The molecular weight excluding hydrogens is 172 g/mol. The fourth-order valence-corrected chi connectivity index (χ4v) is 2.29. The van der Waals surface area contributed by atoms with E-state index in [4.69, 9.17) is 5.26 Å². The Morgan fingerprint density at radius 3 is 2.93 bits per heavy atom. The molecule has 0 saturated heterocycles. The lowest BCUT2D eigenvalue weighted by molar-refractivity contribution is 0.273. The lowest BCUT2D eigenvalue weighted by Gasteiger charge is -2.27. The van der Waals surface area contributed by atoms with Crippen LogP contribution >= 0.6 is 0 Å². The van der Waals surface area contributed by atoms with Crippen molar-refractivity contribution < 1.29 is 0 Å². The second-order valence-corrected chi connectivity index (χ2v) is 4.83. The zero-order chi connectivity index (χ0) is 10.4. The van der Waals surface area contributed by atoms with Crippen LogP contribution in [0.1, 0.15) is 39.5 Å². The number of nitrogens with one attached hydrogen (secondary N) is 1. The summed E-state index contributed by atoms with van der Waals surface area (Å²) in [6.07, 6.45) is 5.54. The Morgan fingerprint density at radius 1 is 1.50 bits per heavy atom. The average Bonchev–Trinajstić information content (AvgIpc) is 2.17. The summed E-state index contributed by atoms with van der Waals surface area (Å²) in [6, 6.07) is 2.25. The van der Waals surface area contributed by atoms with Gasteiger partial charge in [0.2, 0.25) is 0 Å². The number of nitrogens with zero attached hydrogens (tertiary/aromatic N) is 1. The number of rotatable bonds is 4. The standard InChI is InChI=1S/C12H22N2/c1-10-4-3-5-12(6-10)9-14-8-11(2)7-13/h10-12,14H,3-6,8-9H2,1-2H3. The topological polar surface area (TPSA) is 35.8 Å². The van der Waals surface area contributed by atoms with Crippen LogP contribution in [0.3, 0.4) is 0 Å². The molecule has 80 valence electrons. The van der Waals surface area contributed by atoms with Gasteiger partial charge in [0.1, 0.15) is 0 Å². The fourth-order valence-electron chi connectivity index (χ4n) is 2.29. The molecule has 1 aliphatic carbocycles. The van der Waals surface area contributed by atoms with E-state index >= 15 is 0 Å². The molecule has 0 aromatic rings. The zero-order valence-electron chi connectivity index (χ0n) is 9.42. The molecule has 1 rings (SSSR count). The van der Waals surface area contributed by atoms with Crippen molar-refractivity contribution in [3.63, 3.8) is 0 Å². The smallest absolute Gasteiger partial charge is 0.0666 e. The van der Waals surface area contributed by atoms with Gasteiger partial charge in [-0.2, -0.15) is 5.26 Å². The monoisotopic (exact) mass is 194 g/mol. The minimum Gasteiger partial charge on any atom is -0.315 e. The lowest BCUT2D eigenvalue weighted by atomic mass is 9.82. The van der Waals surface area contributed by atoms with Gasteiger partial charge in [0.25, 0.3) is 0 Å². The Balaban J connectivity index is 2.09. The van der Waals surface area contributed by atoms with Crippen LogP contribution in [0, 0.1) is 29.1 Å². The van der Waals surface area contributed by atoms with Gasteiger partial charge >= 0.3 is 0 Å².